The van der Waals surface area contributed by atoms with E-state index in [9.17, 15) is 13.2 Å². The van der Waals surface area contributed by atoms with Crippen LogP contribution >= 0.6 is 0 Å². The van der Waals surface area contributed by atoms with Crippen LogP contribution in [0.5, 0.6) is 0 Å². The average Bonchev–Trinajstić information content (AvgIpc) is 2.79. The maximum atomic E-state index is 12.2. The van der Waals surface area contributed by atoms with E-state index in [2.05, 4.69) is 24.1 Å². The number of rotatable bonds is 8. The van der Waals surface area contributed by atoms with Crippen LogP contribution in [-0.4, -0.2) is 36.7 Å². The molecule has 0 spiro atoms. The van der Waals surface area contributed by atoms with Crippen LogP contribution in [0.25, 0.3) is 11.0 Å². The van der Waals surface area contributed by atoms with E-state index in [1.807, 2.05) is 24.3 Å². The highest BCUT2D eigenvalue weighted by atomic mass is 32.2. The molecule has 0 radical (unpaired) electrons. The molecule has 0 aliphatic carbocycles. The summed E-state index contributed by atoms with van der Waals surface area (Å²) < 4.78 is 25.0. The minimum Gasteiger partial charge on any atom is -0.355 e. The van der Waals surface area contributed by atoms with Crippen molar-refractivity contribution in [2.45, 2.75) is 39.0 Å². The lowest BCUT2D eigenvalue weighted by Gasteiger charge is -2.10. The van der Waals surface area contributed by atoms with Crippen LogP contribution in [0.1, 0.15) is 32.5 Å². The highest BCUT2D eigenvalue weighted by Gasteiger charge is 2.17. The topological polar surface area (TPSA) is 81.1 Å². The van der Waals surface area contributed by atoms with Crippen molar-refractivity contribution in [1.82, 2.24) is 14.9 Å². The van der Waals surface area contributed by atoms with E-state index in [1.54, 1.807) is 4.57 Å². The highest BCUT2D eigenvalue weighted by molar-refractivity contribution is 7.89. The summed E-state index contributed by atoms with van der Waals surface area (Å²) in [6.07, 6.45) is 3.17. The second-order valence-electron chi connectivity index (χ2n) is 6.56. The van der Waals surface area contributed by atoms with Gasteiger partial charge in [-0.3, -0.25) is 4.79 Å². The molecule has 1 aromatic carbocycles. The van der Waals surface area contributed by atoms with Crippen LogP contribution in [0.3, 0.4) is 0 Å². The first-order valence-corrected chi connectivity index (χ1v) is 10.2. The number of imidazole rings is 1. The Kier molecular flexibility index (Phi) is 5.99. The lowest BCUT2D eigenvalue weighted by atomic mass is 10.1. The number of nitrogens with zero attached hydrogens (tertiary/aromatic N) is 2. The summed E-state index contributed by atoms with van der Waals surface area (Å²) in [5.41, 5.74) is 1.47. The summed E-state index contributed by atoms with van der Waals surface area (Å²) >= 11 is 0. The molecule has 2 rings (SSSR count). The fourth-order valence-corrected chi connectivity index (χ4v) is 3.27. The highest BCUT2D eigenvalue weighted by Crippen LogP contribution is 2.17. The minimum absolute atomic E-state index is 0.0764. The third-order valence-corrected chi connectivity index (χ3v) is 4.49. The zero-order chi connectivity index (χ0) is 17.7. The maximum Gasteiger partial charge on any atom is 0.240 e. The molecule has 1 amide bonds. The van der Waals surface area contributed by atoms with E-state index in [1.165, 1.54) is 6.26 Å². The van der Waals surface area contributed by atoms with Crippen LogP contribution < -0.4 is 5.32 Å². The first kappa shape index (κ1) is 18.4. The van der Waals surface area contributed by atoms with Gasteiger partial charge in [0.2, 0.25) is 5.91 Å². The van der Waals surface area contributed by atoms with Gasteiger partial charge >= 0.3 is 0 Å². The molecule has 0 fully saturated rings. The molecular weight excluding hydrogens is 326 g/mol. The van der Waals surface area contributed by atoms with E-state index in [-0.39, 0.29) is 18.2 Å². The molecule has 0 saturated heterocycles. The monoisotopic (exact) mass is 351 g/mol. The summed E-state index contributed by atoms with van der Waals surface area (Å²) in [7, 11) is -3.23. The zero-order valence-electron chi connectivity index (χ0n) is 14.4. The Labute approximate surface area is 143 Å². The Morgan fingerprint density at radius 1 is 1.29 bits per heavy atom. The molecule has 0 aliphatic rings. The van der Waals surface area contributed by atoms with Gasteiger partial charge in [-0.05, 0) is 30.9 Å². The summed E-state index contributed by atoms with van der Waals surface area (Å²) in [4.78, 5) is 16.6. The Balaban J connectivity index is 2.14. The Hall–Kier alpha value is -1.89. The van der Waals surface area contributed by atoms with Crippen molar-refractivity contribution in [3.05, 3.63) is 30.1 Å². The van der Waals surface area contributed by atoms with E-state index < -0.39 is 9.84 Å². The molecule has 132 valence electrons. The standard InChI is InChI=1S/C17H25N3O3S/c1-13(2)7-6-10-18-17(21)11-20-15-9-5-4-8-14(15)19-16(20)12-24(3,22)23/h4-5,8-9,13H,6-7,10-12H2,1-3H3,(H,18,21). The van der Waals surface area contributed by atoms with Crippen molar-refractivity contribution >= 4 is 26.8 Å². The van der Waals surface area contributed by atoms with Crippen molar-refractivity contribution in [2.24, 2.45) is 5.92 Å². The van der Waals surface area contributed by atoms with E-state index in [0.717, 1.165) is 18.4 Å². The van der Waals surface area contributed by atoms with Gasteiger partial charge in [0.15, 0.2) is 9.84 Å². The number of sulfone groups is 1. The molecule has 6 nitrogen and oxygen atoms in total. The largest absolute Gasteiger partial charge is 0.355 e. The van der Waals surface area contributed by atoms with E-state index in [0.29, 0.717) is 23.8 Å². The van der Waals surface area contributed by atoms with Crippen LogP contribution in [0.15, 0.2) is 24.3 Å². The number of hydrogen-bond donors (Lipinski definition) is 1. The molecular formula is C17H25N3O3S. The molecule has 1 N–H and O–H groups in total. The molecule has 1 aromatic heterocycles. The van der Waals surface area contributed by atoms with Crippen molar-refractivity contribution in [2.75, 3.05) is 12.8 Å². The average molecular weight is 351 g/mol. The van der Waals surface area contributed by atoms with Gasteiger partial charge < -0.3 is 9.88 Å². The molecule has 24 heavy (non-hydrogen) atoms. The fourth-order valence-electron chi connectivity index (χ4n) is 2.58. The molecule has 1 heterocycles. The summed E-state index contributed by atoms with van der Waals surface area (Å²) in [6, 6.07) is 7.36. The van der Waals surface area contributed by atoms with E-state index >= 15 is 0 Å². The van der Waals surface area contributed by atoms with Gasteiger partial charge in [0.25, 0.3) is 0 Å². The molecule has 0 saturated carbocycles. The van der Waals surface area contributed by atoms with Gasteiger partial charge in [-0.15, -0.1) is 0 Å². The Morgan fingerprint density at radius 3 is 2.67 bits per heavy atom. The normalized spacial score (nSPS) is 12.0. The molecule has 0 unspecified atom stereocenters. The van der Waals surface area contributed by atoms with Crippen LogP contribution in [0, 0.1) is 5.92 Å². The first-order chi connectivity index (χ1) is 11.3. The molecule has 7 heteroatoms. The van der Waals surface area contributed by atoms with Crippen molar-refractivity contribution < 1.29 is 13.2 Å². The summed E-state index contributed by atoms with van der Waals surface area (Å²) in [6.45, 7) is 5.01. The number of benzene rings is 1. The first-order valence-electron chi connectivity index (χ1n) is 8.15. The summed E-state index contributed by atoms with van der Waals surface area (Å²) in [5, 5.41) is 2.89. The SMILES string of the molecule is CC(C)CCCNC(=O)Cn1c(CS(C)(=O)=O)nc2ccccc21. The predicted octanol–water partition coefficient (Wildman–Crippen LogP) is 2.13. The van der Waals surface area contributed by atoms with Crippen LogP contribution in [-0.2, 0) is 26.9 Å². The van der Waals surface area contributed by atoms with Gasteiger partial charge in [-0.2, -0.15) is 0 Å². The summed E-state index contributed by atoms with van der Waals surface area (Å²) in [5.74, 6) is 0.705. The fraction of sp³-hybridized carbons (Fsp3) is 0.529. The lowest BCUT2D eigenvalue weighted by Crippen LogP contribution is -2.29. The third-order valence-electron chi connectivity index (χ3n) is 3.71. The van der Waals surface area contributed by atoms with Crippen molar-refractivity contribution in [3.8, 4) is 0 Å². The number of fused-ring (bicyclic) bond motifs is 1. The number of para-hydroxylation sites is 2. The van der Waals surface area contributed by atoms with E-state index in [4.69, 9.17) is 0 Å². The maximum absolute atomic E-state index is 12.2. The number of carbonyl (C=O) groups excluding carboxylic acids is 1. The zero-order valence-corrected chi connectivity index (χ0v) is 15.3. The predicted molar refractivity (Wildman–Crippen MR) is 95.4 cm³/mol. The second-order valence-corrected chi connectivity index (χ2v) is 8.70. The van der Waals surface area contributed by atoms with Crippen molar-refractivity contribution in [3.63, 3.8) is 0 Å². The van der Waals surface area contributed by atoms with Gasteiger partial charge in [-0.1, -0.05) is 26.0 Å². The molecule has 0 atom stereocenters. The molecule has 0 bridgehead atoms. The lowest BCUT2D eigenvalue weighted by molar-refractivity contribution is -0.121. The Bertz CT molecular complexity index is 810. The third kappa shape index (κ3) is 5.33. The number of hydrogen-bond acceptors (Lipinski definition) is 4. The van der Waals surface area contributed by atoms with Gasteiger partial charge in [-0.25, -0.2) is 13.4 Å². The second kappa shape index (κ2) is 7.79. The number of aromatic nitrogens is 2. The quantitative estimate of drug-likeness (QED) is 0.739. The number of carbonyl (C=O) groups is 1. The smallest absolute Gasteiger partial charge is 0.240 e. The van der Waals surface area contributed by atoms with Gasteiger partial charge in [0.1, 0.15) is 18.1 Å². The molecule has 2 aromatic rings. The number of amides is 1. The molecule has 0 aliphatic heterocycles. The van der Waals surface area contributed by atoms with Gasteiger partial charge in [0, 0.05) is 12.8 Å². The van der Waals surface area contributed by atoms with Crippen LogP contribution in [0.4, 0.5) is 0 Å². The Morgan fingerprint density at radius 2 is 2.00 bits per heavy atom. The number of nitrogens with one attached hydrogen (secondary N) is 1. The van der Waals surface area contributed by atoms with Gasteiger partial charge in [0.05, 0.1) is 11.0 Å². The van der Waals surface area contributed by atoms with Crippen molar-refractivity contribution in [1.29, 1.82) is 0 Å². The van der Waals surface area contributed by atoms with Crippen LogP contribution in [0.2, 0.25) is 0 Å². The minimum atomic E-state index is -3.23.